The lowest BCUT2D eigenvalue weighted by Crippen LogP contribution is -2.27. The molecule has 0 saturated heterocycles. The molecule has 4 heteroatoms. The third kappa shape index (κ3) is 4.49. The van der Waals surface area contributed by atoms with E-state index in [2.05, 4.69) is 10.6 Å². The molecular weight excluding hydrogens is 308 g/mol. The van der Waals surface area contributed by atoms with Crippen LogP contribution < -0.4 is 10.6 Å². The fourth-order valence-electron chi connectivity index (χ4n) is 2.59. The first-order chi connectivity index (χ1) is 11.2. The zero-order valence-corrected chi connectivity index (χ0v) is 13.8. The number of rotatable bonds is 6. The number of carbonyl (C=O) groups is 1. The summed E-state index contributed by atoms with van der Waals surface area (Å²) in [5.41, 5.74) is 3.18. The number of benzene rings is 2. The Balaban J connectivity index is 1.45. The summed E-state index contributed by atoms with van der Waals surface area (Å²) in [7, 11) is 0. The van der Waals surface area contributed by atoms with Crippen LogP contribution >= 0.6 is 11.6 Å². The Kier molecular flexibility index (Phi) is 5.19. The average molecular weight is 329 g/mol. The van der Waals surface area contributed by atoms with E-state index in [0.717, 1.165) is 42.2 Å². The highest BCUT2D eigenvalue weighted by Crippen LogP contribution is 2.27. The standard InChI is InChI=1S/C19H21ClN2O/c20-16-6-4-14(5-7-16)12-13-21-17-8-10-18(11-9-17)22-19(23)15-2-1-3-15/h4-11,15,21H,1-3,12-13H2,(H,22,23). The first kappa shape index (κ1) is 15.9. The van der Waals surface area contributed by atoms with E-state index in [0.29, 0.717) is 0 Å². The minimum atomic E-state index is 0.152. The maximum absolute atomic E-state index is 11.9. The van der Waals surface area contributed by atoms with Crippen molar-refractivity contribution in [3.63, 3.8) is 0 Å². The van der Waals surface area contributed by atoms with Crippen LogP contribution in [0, 0.1) is 5.92 Å². The number of hydrogen-bond donors (Lipinski definition) is 2. The lowest BCUT2D eigenvalue weighted by molar-refractivity contribution is -0.122. The molecule has 0 atom stereocenters. The third-order valence-electron chi connectivity index (χ3n) is 4.28. The second-order valence-electron chi connectivity index (χ2n) is 6.00. The van der Waals surface area contributed by atoms with Crippen LogP contribution in [0.2, 0.25) is 5.02 Å². The van der Waals surface area contributed by atoms with Gasteiger partial charge in [-0.15, -0.1) is 0 Å². The molecule has 0 aromatic heterocycles. The summed E-state index contributed by atoms with van der Waals surface area (Å²) in [6.45, 7) is 0.857. The number of anilines is 2. The Bertz CT molecular complexity index is 648. The van der Waals surface area contributed by atoms with Gasteiger partial charge in [0.1, 0.15) is 0 Å². The highest BCUT2D eigenvalue weighted by molar-refractivity contribution is 6.30. The molecule has 0 radical (unpaired) electrons. The SMILES string of the molecule is O=C(Nc1ccc(NCCc2ccc(Cl)cc2)cc1)C1CCC1. The molecule has 1 fully saturated rings. The first-order valence-electron chi connectivity index (χ1n) is 8.10. The summed E-state index contributed by atoms with van der Waals surface area (Å²) < 4.78 is 0. The molecule has 120 valence electrons. The summed E-state index contributed by atoms with van der Waals surface area (Å²) in [5, 5.41) is 7.13. The van der Waals surface area contributed by atoms with E-state index in [4.69, 9.17) is 11.6 Å². The second kappa shape index (κ2) is 7.51. The van der Waals surface area contributed by atoms with Crippen molar-refractivity contribution in [1.29, 1.82) is 0 Å². The normalized spacial score (nSPS) is 14.1. The van der Waals surface area contributed by atoms with Crippen LogP contribution in [-0.2, 0) is 11.2 Å². The molecule has 0 aliphatic heterocycles. The summed E-state index contributed by atoms with van der Waals surface area (Å²) in [5.74, 6) is 0.367. The van der Waals surface area contributed by atoms with Crippen LogP contribution in [0.15, 0.2) is 48.5 Å². The fourth-order valence-corrected chi connectivity index (χ4v) is 2.71. The van der Waals surface area contributed by atoms with Crippen LogP contribution in [0.1, 0.15) is 24.8 Å². The van der Waals surface area contributed by atoms with Gasteiger partial charge < -0.3 is 10.6 Å². The van der Waals surface area contributed by atoms with Crippen molar-refractivity contribution < 1.29 is 4.79 Å². The summed E-state index contributed by atoms with van der Waals surface area (Å²) in [4.78, 5) is 11.9. The lowest BCUT2D eigenvalue weighted by Gasteiger charge is -2.24. The lowest BCUT2D eigenvalue weighted by atomic mass is 9.85. The summed E-state index contributed by atoms with van der Waals surface area (Å²) in [6.07, 6.45) is 4.16. The molecule has 1 amide bonds. The summed E-state index contributed by atoms with van der Waals surface area (Å²) >= 11 is 5.88. The first-order valence-corrected chi connectivity index (χ1v) is 8.48. The van der Waals surface area contributed by atoms with Gasteiger partial charge in [0.25, 0.3) is 0 Å². The zero-order valence-electron chi connectivity index (χ0n) is 13.0. The molecule has 23 heavy (non-hydrogen) atoms. The molecule has 3 nitrogen and oxygen atoms in total. The van der Waals surface area contributed by atoms with E-state index in [1.54, 1.807) is 0 Å². The fraction of sp³-hybridized carbons (Fsp3) is 0.316. The van der Waals surface area contributed by atoms with Gasteiger partial charge in [0.2, 0.25) is 5.91 Å². The molecule has 0 spiro atoms. The Labute approximate surface area is 142 Å². The van der Waals surface area contributed by atoms with Gasteiger partial charge in [-0.3, -0.25) is 4.79 Å². The average Bonchev–Trinajstić information content (AvgIpc) is 2.49. The minimum Gasteiger partial charge on any atom is -0.385 e. The predicted molar refractivity (Wildman–Crippen MR) is 96.1 cm³/mol. The third-order valence-corrected chi connectivity index (χ3v) is 4.54. The highest BCUT2D eigenvalue weighted by Gasteiger charge is 2.24. The van der Waals surface area contributed by atoms with E-state index in [9.17, 15) is 4.79 Å². The van der Waals surface area contributed by atoms with Crippen molar-refractivity contribution in [2.75, 3.05) is 17.2 Å². The molecule has 3 rings (SSSR count). The van der Waals surface area contributed by atoms with E-state index >= 15 is 0 Å². The van der Waals surface area contributed by atoms with E-state index in [-0.39, 0.29) is 11.8 Å². The monoisotopic (exact) mass is 328 g/mol. The van der Waals surface area contributed by atoms with Gasteiger partial charge >= 0.3 is 0 Å². The number of halogens is 1. The van der Waals surface area contributed by atoms with E-state index in [1.165, 1.54) is 12.0 Å². The molecule has 0 heterocycles. The van der Waals surface area contributed by atoms with Gasteiger partial charge in [0.15, 0.2) is 0 Å². The molecule has 1 saturated carbocycles. The largest absolute Gasteiger partial charge is 0.385 e. The van der Waals surface area contributed by atoms with Gasteiger partial charge in [-0.05, 0) is 61.2 Å². The van der Waals surface area contributed by atoms with E-state index in [1.807, 2.05) is 48.5 Å². The number of nitrogens with one attached hydrogen (secondary N) is 2. The molecule has 2 aromatic rings. The van der Waals surface area contributed by atoms with Crippen molar-refractivity contribution in [1.82, 2.24) is 0 Å². The van der Waals surface area contributed by atoms with Gasteiger partial charge in [0, 0.05) is 28.9 Å². The maximum atomic E-state index is 11.9. The molecule has 0 bridgehead atoms. The minimum absolute atomic E-state index is 0.152. The molecular formula is C19H21ClN2O. The second-order valence-corrected chi connectivity index (χ2v) is 6.43. The Morgan fingerprint density at radius 3 is 2.26 bits per heavy atom. The Hall–Kier alpha value is -2.00. The Morgan fingerprint density at radius 2 is 1.65 bits per heavy atom. The molecule has 1 aliphatic carbocycles. The van der Waals surface area contributed by atoms with Gasteiger partial charge in [-0.25, -0.2) is 0 Å². The topological polar surface area (TPSA) is 41.1 Å². The van der Waals surface area contributed by atoms with Crippen molar-refractivity contribution in [3.05, 3.63) is 59.1 Å². The highest BCUT2D eigenvalue weighted by atomic mass is 35.5. The van der Waals surface area contributed by atoms with Gasteiger partial charge in [0.05, 0.1) is 0 Å². The number of amides is 1. The summed E-state index contributed by atoms with van der Waals surface area (Å²) in [6, 6.07) is 15.8. The van der Waals surface area contributed by atoms with Crippen LogP contribution in [0.4, 0.5) is 11.4 Å². The Morgan fingerprint density at radius 1 is 1.00 bits per heavy atom. The zero-order chi connectivity index (χ0) is 16.1. The van der Waals surface area contributed by atoms with Gasteiger partial charge in [-0.1, -0.05) is 30.2 Å². The van der Waals surface area contributed by atoms with Crippen molar-refractivity contribution >= 4 is 28.9 Å². The van der Waals surface area contributed by atoms with Crippen molar-refractivity contribution in [2.45, 2.75) is 25.7 Å². The smallest absolute Gasteiger partial charge is 0.227 e. The molecule has 0 unspecified atom stereocenters. The molecule has 2 N–H and O–H groups in total. The van der Waals surface area contributed by atoms with Crippen LogP contribution in [-0.4, -0.2) is 12.5 Å². The number of hydrogen-bond acceptors (Lipinski definition) is 2. The van der Waals surface area contributed by atoms with Crippen molar-refractivity contribution in [2.24, 2.45) is 5.92 Å². The van der Waals surface area contributed by atoms with Gasteiger partial charge in [-0.2, -0.15) is 0 Å². The van der Waals surface area contributed by atoms with E-state index < -0.39 is 0 Å². The van der Waals surface area contributed by atoms with Crippen LogP contribution in [0.5, 0.6) is 0 Å². The molecule has 1 aliphatic rings. The van der Waals surface area contributed by atoms with Crippen LogP contribution in [0.3, 0.4) is 0 Å². The molecule has 2 aromatic carbocycles. The number of carbonyl (C=O) groups excluding carboxylic acids is 1. The maximum Gasteiger partial charge on any atom is 0.227 e. The van der Waals surface area contributed by atoms with Crippen molar-refractivity contribution in [3.8, 4) is 0 Å². The predicted octanol–water partition coefficient (Wildman–Crippen LogP) is 4.73. The van der Waals surface area contributed by atoms with Crippen LogP contribution in [0.25, 0.3) is 0 Å². The quantitative estimate of drug-likeness (QED) is 0.804.